The lowest BCUT2D eigenvalue weighted by Gasteiger charge is -2.46. The molecule has 0 radical (unpaired) electrons. The Bertz CT molecular complexity index is 1110. The van der Waals surface area contributed by atoms with Crippen LogP contribution < -0.4 is 10.3 Å². The average Bonchev–Trinajstić information content (AvgIpc) is 2.67. The van der Waals surface area contributed by atoms with Crippen molar-refractivity contribution < 1.29 is 18.0 Å². The fourth-order valence-corrected chi connectivity index (χ4v) is 4.55. The molecule has 1 aliphatic heterocycles. The van der Waals surface area contributed by atoms with Crippen LogP contribution in [-0.2, 0) is 17.4 Å². The van der Waals surface area contributed by atoms with Gasteiger partial charge in [-0.3, -0.25) is 4.79 Å². The summed E-state index contributed by atoms with van der Waals surface area (Å²) in [6.45, 7) is 12.8. The molecule has 0 atom stereocenters. The van der Waals surface area contributed by atoms with Crippen LogP contribution in [0.5, 0.6) is 0 Å². The number of alkyl halides is 3. The van der Waals surface area contributed by atoms with Gasteiger partial charge in [0.25, 0.3) is 0 Å². The molecule has 2 aromatic carbocycles. The highest BCUT2D eigenvalue weighted by atomic mass is 19.4. The van der Waals surface area contributed by atoms with E-state index in [-0.39, 0.29) is 17.5 Å². The first-order chi connectivity index (χ1) is 15.3. The largest absolute Gasteiger partial charge is 0.416 e. The van der Waals surface area contributed by atoms with Gasteiger partial charge in [-0.25, -0.2) is 5.43 Å². The van der Waals surface area contributed by atoms with E-state index >= 15 is 0 Å². The van der Waals surface area contributed by atoms with Gasteiger partial charge in [0.05, 0.1) is 23.7 Å². The molecule has 0 bridgehead atoms. The normalized spacial score (nSPS) is 15.6. The van der Waals surface area contributed by atoms with Gasteiger partial charge in [0, 0.05) is 17.3 Å². The molecule has 1 heterocycles. The van der Waals surface area contributed by atoms with Crippen LogP contribution in [0.3, 0.4) is 0 Å². The zero-order valence-corrected chi connectivity index (χ0v) is 19.8. The summed E-state index contributed by atoms with van der Waals surface area (Å²) in [6.07, 6.45) is -0.804. The molecule has 0 saturated carbocycles. The van der Waals surface area contributed by atoms with Gasteiger partial charge in [-0.1, -0.05) is 24.3 Å². The average molecular weight is 458 g/mol. The van der Waals surface area contributed by atoms with Crippen molar-refractivity contribution in [3.8, 4) is 0 Å². The van der Waals surface area contributed by atoms with Crippen molar-refractivity contribution >= 4 is 23.4 Å². The standard InChI is InChI=1S/C26H30F3N3O/c1-16(2)32-23-10-17(3)20(13-22(23)18(4)14-25(32,5)6)15-30-31-24(33)12-19-8-7-9-21(11-19)26(27,28)29/h7-11,13-16H,12H2,1-6H3,(H,31,33)/b30-15-. The minimum Gasteiger partial charge on any atom is -0.360 e. The number of nitrogens with one attached hydrogen (secondary N) is 1. The molecule has 176 valence electrons. The van der Waals surface area contributed by atoms with E-state index in [1.54, 1.807) is 6.21 Å². The highest BCUT2D eigenvalue weighted by Gasteiger charge is 2.33. The van der Waals surface area contributed by atoms with Gasteiger partial charge in [0.15, 0.2) is 0 Å². The van der Waals surface area contributed by atoms with Gasteiger partial charge in [-0.15, -0.1) is 0 Å². The zero-order valence-electron chi connectivity index (χ0n) is 19.8. The quantitative estimate of drug-likeness (QED) is 0.434. The van der Waals surface area contributed by atoms with E-state index in [1.807, 2.05) is 6.92 Å². The summed E-state index contributed by atoms with van der Waals surface area (Å²) in [5.74, 6) is -0.481. The Morgan fingerprint density at radius 1 is 1.18 bits per heavy atom. The number of carbonyl (C=O) groups is 1. The lowest BCUT2D eigenvalue weighted by Crippen LogP contribution is -2.49. The summed E-state index contributed by atoms with van der Waals surface area (Å²) in [7, 11) is 0. The van der Waals surface area contributed by atoms with Crippen molar-refractivity contribution in [3.63, 3.8) is 0 Å². The molecule has 0 saturated heterocycles. The predicted octanol–water partition coefficient (Wildman–Crippen LogP) is 6.12. The topological polar surface area (TPSA) is 44.7 Å². The Kier molecular flexibility index (Phi) is 6.73. The van der Waals surface area contributed by atoms with Gasteiger partial charge in [-0.2, -0.15) is 18.3 Å². The number of benzene rings is 2. The van der Waals surface area contributed by atoms with E-state index in [1.165, 1.54) is 23.4 Å². The van der Waals surface area contributed by atoms with Crippen LogP contribution in [0.15, 0.2) is 47.6 Å². The maximum atomic E-state index is 12.9. The number of rotatable bonds is 5. The van der Waals surface area contributed by atoms with Crippen molar-refractivity contribution in [2.75, 3.05) is 4.90 Å². The van der Waals surface area contributed by atoms with E-state index in [4.69, 9.17) is 0 Å². The number of fused-ring (bicyclic) bond motifs is 1. The smallest absolute Gasteiger partial charge is 0.360 e. The van der Waals surface area contributed by atoms with Gasteiger partial charge in [0.1, 0.15) is 0 Å². The number of aryl methyl sites for hydroxylation is 1. The molecule has 0 aromatic heterocycles. The van der Waals surface area contributed by atoms with Crippen molar-refractivity contribution in [2.45, 2.75) is 65.7 Å². The van der Waals surface area contributed by atoms with Crippen molar-refractivity contribution in [2.24, 2.45) is 5.10 Å². The molecule has 0 aliphatic carbocycles. The van der Waals surface area contributed by atoms with Crippen LogP contribution in [0.2, 0.25) is 0 Å². The summed E-state index contributed by atoms with van der Waals surface area (Å²) < 4.78 is 38.6. The molecule has 1 N–H and O–H groups in total. The number of carbonyl (C=O) groups excluding carboxylic acids is 1. The number of nitrogens with zero attached hydrogens (tertiary/aromatic N) is 2. The second-order valence-corrected chi connectivity index (χ2v) is 9.34. The molecule has 7 heteroatoms. The maximum Gasteiger partial charge on any atom is 0.416 e. The molecule has 4 nitrogen and oxygen atoms in total. The molecule has 0 fully saturated rings. The Labute approximate surface area is 193 Å². The molecule has 0 spiro atoms. The fraction of sp³-hybridized carbons (Fsp3) is 0.385. The highest BCUT2D eigenvalue weighted by molar-refractivity contribution is 5.90. The maximum absolute atomic E-state index is 12.9. The van der Waals surface area contributed by atoms with Crippen LogP contribution in [0, 0.1) is 6.92 Å². The molecule has 0 unspecified atom stereocenters. The number of anilines is 1. The minimum absolute atomic E-state index is 0.106. The first-order valence-electron chi connectivity index (χ1n) is 10.9. The predicted molar refractivity (Wildman–Crippen MR) is 127 cm³/mol. The van der Waals surface area contributed by atoms with Gasteiger partial charge < -0.3 is 4.90 Å². The third-order valence-corrected chi connectivity index (χ3v) is 5.79. The number of hydrogen-bond donors (Lipinski definition) is 1. The third-order valence-electron chi connectivity index (χ3n) is 5.79. The van der Waals surface area contributed by atoms with Crippen molar-refractivity contribution in [1.82, 2.24) is 5.43 Å². The van der Waals surface area contributed by atoms with Crippen LogP contribution in [0.25, 0.3) is 5.57 Å². The number of hydrazone groups is 1. The summed E-state index contributed by atoms with van der Waals surface area (Å²) in [5, 5.41) is 4.05. The first-order valence-corrected chi connectivity index (χ1v) is 10.9. The SMILES string of the molecule is CC1=CC(C)(C)N(C(C)C)c2cc(C)c(/C=N\NC(=O)Cc3cccc(C(F)(F)F)c3)cc21. The summed E-state index contributed by atoms with van der Waals surface area (Å²) in [6, 6.07) is 9.26. The van der Waals surface area contributed by atoms with E-state index in [9.17, 15) is 18.0 Å². The van der Waals surface area contributed by atoms with Crippen molar-refractivity contribution in [1.29, 1.82) is 0 Å². The fourth-order valence-electron chi connectivity index (χ4n) is 4.55. The molecule has 2 aromatic rings. The van der Waals surface area contributed by atoms with Crippen LogP contribution in [0.1, 0.15) is 62.4 Å². The van der Waals surface area contributed by atoms with Gasteiger partial charge >= 0.3 is 6.18 Å². The Morgan fingerprint density at radius 3 is 2.52 bits per heavy atom. The Morgan fingerprint density at radius 2 is 1.88 bits per heavy atom. The van der Waals surface area contributed by atoms with E-state index in [2.05, 4.69) is 68.3 Å². The van der Waals surface area contributed by atoms with Crippen LogP contribution in [-0.4, -0.2) is 23.7 Å². The van der Waals surface area contributed by atoms with Crippen molar-refractivity contribution in [3.05, 3.63) is 70.3 Å². The molecule has 33 heavy (non-hydrogen) atoms. The second kappa shape index (κ2) is 9.04. The molecule has 1 amide bonds. The Balaban J connectivity index is 1.76. The summed E-state index contributed by atoms with van der Waals surface area (Å²) >= 11 is 0. The van der Waals surface area contributed by atoms with Crippen LogP contribution >= 0.6 is 0 Å². The number of amides is 1. The Hall–Kier alpha value is -3.09. The van der Waals surface area contributed by atoms with E-state index < -0.39 is 17.6 Å². The van der Waals surface area contributed by atoms with Gasteiger partial charge in [-0.05, 0) is 82.0 Å². The van der Waals surface area contributed by atoms with E-state index in [0.717, 1.165) is 28.8 Å². The molecule has 1 aliphatic rings. The minimum atomic E-state index is -4.44. The van der Waals surface area contributed by atoms with Gasteiger partial charge in [0.2, 0.25) is 5.91 Å². The summed E-state index contributed by atoms with van der Waals surface area (Å²) in [4.78, 5) is 14.6. The summed E-state index contributed by atoms with van der Waals surface area (Å²) in [5.41, 5.74) is 7.15. The third kappa shape index (κ3) is 5.46. The highest BCUT2D eigenvalue weighted by Crippen LogP contribution is 2.41. The van der Waals surface area contributed by atoms with E-state index in [0.29, 0.717) is 6.04 Å². The lowest BCUT2D eigenvalue weighted by atomic mass is 9.86. The first kappa shape index (κ1) is 24.6. The number of allylic oxidation sites excluding steroid dienone is 1. The molecule has 3 rings (SSSR count). The zero-order chi connectivity index (χ0) is 24.6. The lowest BCUT2D eigenvalue weighted by molar-refractivity contribution is -0.137. The monoisotopic (exact) mass is 457 g/mol. The number of hydrogen-bond acceptors (Lipinski definition) is 3. The molecular weight excluding hydrogens is 427 g/mol. The number of halogens is 3. The molecular formula is C26H30F3N3O. The second-order valence-electron chi connectivity index (χ2n) is 9.34. The van der Waals surface area contributed by atoms with Crippen LogP contribution in [0.4, 0.5) is 18.9 Å².